The lowest BCUT2D eigenvalue weighted by Crippen LogP contribution is -2.36. The molecular formula is C28H28N4O2. The van der Waals surface area contributed by atoms with E-state index in [1.165, 1.54) is 0 Å². The molecule has 34 heavy (non-hydrogen) atoms. The van der Waals surface area contributed by atoms with Crippen molar-refractivity contribution in [3.05, 3.63) is 83.9 Å². The summed E-state index contributed by atoms with van der Waals surface area (Å²) in [5.41, 5.74) is 7.72. The molecule has 0 aliphatic carbocycles. The van der Waals surface area contributed by atoms with Gasteiger partial charge in [0.05, 0.1) is 24.4 Å². The quantitative estimate of drug-likeness (QED) is 0.399. The van der Waals surface area contributed by atoms with E-state index in [4.69, 9.17) is 9.72 Å². The topological polar surface area (TPSA) is 66.5 Å². The number of hydrogen-bond acceptors (Lipinski definition) is 4. The molecule has 1 aliphatic rings. The number of urea groups is 1. The van der Waals surface area contributed by atoms with Crippen LogP contribution in [-0.4, -0.2) is 37.3 Å². The third-order valence-electron chi connectivity index (χ3n) is 6.10. The zero-order chi connectivity index (χ0) is 23.5. The summed E-state index contributed by atoms with van der Waals surface area (Å²) < 4.78 is 5.58. The van der Waals surface area contributed by atoms with Crippen LogP contribution in [0.5, 0.6) is 0 Å². The van der Waals surface area contributed by atoms with Crippen molar-refractivity contribution in [3.63, 3.8) is 0 Å². The largest absolute Gasteiger partial charge is 0.378 e. The van der Waals surface area contributed by atoms with Crippen LogP contribution in [-0.2, 0) is 4.74 Å². The van der Waals surface area contributed by atoms with Crippen LogP contribution in [0.2, 0.25) is 0 Å². The van der Waals surface area contributed by atoms with Gasteiger partial charge in [0.1, 0.15) is 0 Å². The lowest BCUT2D eigenvalue weighted by molar-refractivity contribution is 0.123. The Morgan fingerprint density at radius 2 is 1.71 bits per heavy atom. The van der Waals surface area contributed by atoms with E-state index in [1.807, 2.05) is 62.4 Å². The minimum atomic E-state index is -0.270. The van der Waals surface area contributed by atoms with Gasteiger partial charge >= 0.3 is 6.03 Å². The Bertz CT molecular complexity index is 1330. The Morgan fingerprint density at radius 1 is 0.912 bits per heavy atom. The van der Waals surface area contributed by atoms with E-state index in [1.54, 1.807) is 0 Å². The number of ether oxygens (including phenoxy) is 1. The van der Waals surface area contributed by atoms with E-state index < -0.39 is 0 Å². The molecule has 0 spiro atoms. The molecular weight excluding hydrogens is 424 g/mol. The molecule has 5 rings (SSSR count). The molecule has 2 heterocycles. The average molecular weight is 453 g/mol. The number of nitrogens with one attached hydrogen (secondary N) is 2. The van der Waals surface area contributed by atoms with Crippen LogP contribution >= 0.6 is 0 Å². The van der Waals surface area contributed by atoms with E-state index in [-0.39, 0.29) is 6.03 Å². The van der Waals surface area contributed by atoms with Gasteiger partial charge in [0.15, 0.2) is 0 Å². The smallest absolute Gasteiger partial charge is 0.323 e. The first-order valence-corrected chi connectivity index (χ1v) is 11.5. The first-order valence-electron chi connectivity index (χ1n) is 11.5. The lowest BCUT2D eigenvalue weighted by atomic mass is 10.1. The van der Waals surface area contributed by atoms with Crippen LogP contribution in [0, 0.1) is 13.8 Å². The maximum absolute atomic E-state index is 12.7. The number of rotatable bonds is 4. The van der Waals surface area contributed by atoms with Gasteiger partial charge in [-0.2, -0.15) is 0 Å². The van der Waals surface area contributed by atoms with Crippen molar-refractivity contribution < 1.29 is 9.53 Å². The number of aromatic nitrogens is 1. The molecule has 0 unspecified atom stereocenters. The molecule has 1 saturated heterocycles. The first kappa shape index (κ1) is 21.9. The van der Waals surface area contributed by atoms with Crippen molar-refractivity contribution in [2.24, 2.45) is 0 Å². The highest BCUT2D eigenvalue weighted by Gasteiger charge is 2.17. The predicted molar refractivity (Wildman–Crippen MR) is 139 cm³/mol. The number of benzene rings is 3. The molecule has 1 fully saturated rings. The Hall–Kier alpha value is -3.90. The number of anilines is 3. The zero-order valence-corrected chi connectivity index (χ0v) is 19.5. The minimum Gasteiger partial charge on any atom is -0.378 e. The number of hydrogen-bond donors (Lipinski definition) is 2. The number of pyridine rings is 1. The number of nitrogens with zero attached hydrogens (tertiary/aromatic N) is 2. The third kappa shape index (κ3) is 4.72. The summed E-state index contributed by atoms with van der Waals surface area (Å²) in [5.74, 6) is 0. The number of carbonyl (C=O) groups is 1. The number of aryl methyl sites for hydroxylation is 2. The summed E-state index contributed by atoms with van der Waals surface area (Å²) in [6.45, 7) is 7.05. The monoisotopic (exact) mass is 452 g/mol. The fraction of sp³-hybridized carbons (Fsp3) is 0.214. The van der Waals surface area contributed by atoms with E-state index >= 15 is 0 Å². The van der Waals surface area contributed by atoms with E-state index in [9.17, 15) is 4.79 Å². The molecule has 4 aromatic rings. The van der Waals surface area contributed by atoms with Crippen molar-refractivity contribution in [2.45, 2.75) is 13.8 Å². The highest BCUT2D eigenvalue weighted by molar-refractivity contribution is 6.03. The average Bonchev–Trinajstić information content (AvgIpc) is 2.86. The maximum Gasteiger partial charge on any atom is 0.323 e. The Balaban J connectivity index is 1.48. The highest BCUT2D eigenvalue weighted by atomic mass is 16.5. The van der Waals surface area contributed by atoms with Crippen LogP contribution in [0.1, 0.15) is 11.1 Å². The second kappa shape index (κ2) is 9.53. The van der Waals surface area contributed by atoms with Crippen molar-refractivity contribution in [3.8, 4) is 11.3 Å². The summed E-state index contributed by atoms with van der Waals surface area (Å²) in [5, 5.41) is 6.94. The van der Waals surface area contributed by atoms with Gasteiger partial charge in [0.2, 0.25) is 0 Å². The number of carbonyl (C=O) groups excluding carboxylic acids is 1. The highest BCUT2D eigenvalue weighted by Crippen LogP contribution is 2.33. The predicted octanol–water partition coefficient (Wildman–Crippen LogP) is 6.00. The molecule has 6 nitrogen and oxygen atoms in total. The van der Waals surface area contributed by atoms with E-state index in [0.717, 1.165) is 63.4 Å². The van der Waals surface area contributed by atoms with Gasteiger partial charge in [-0.05, 0) is 49.7 Å². The van der Waals surface area contributed by atoms with Gasteiger partial charge in [-0.25, -0.2) is 9.78 Å². The maximum atomic E-state index is 12.7. The number of fused-ring (bicyclic) bond motifs is 1. The number of amides is 2. The molecule has 2 N–H and O–H groups in total. The van der Waals surface area contributed by atoms with Gasteiger partial charge < -0.3 is 20.3 Å². The fourth-order valence-corrected chi connectivity index (χ4v) is 4.35. The van der Waals surface area contributed by atoms with Crippen molar-refractivity contribution >= 4 is 34.0 Å². The van der Waals surface area contributed by atoms with Crippen molar-refractivity contribution in [1.29, 1.82) is 0 Å². The first-order chi connectivity index (χ1) is 16.6. The lowest BCUT2D eigenvalue weighted by Gasteiger charge is -2.30. The minimum absolute atomic E-state index is 0.270. The summed E-state index contributed by atoms with van der Waals surface area (Å²) >= 11 is 0. The SMILES string of the molecule is Cc1ccc(NC(=O)Nc2ccc3nc(-c4ccccc4)cc(N4CCOCC4)c3c2)c(C)c1. The molecule has 2 amide bonds. The second-order valence-electron chi connectivity index (χ2n) is 8.62. The molecule has 172 valence electrons. The normalized spacial score (nSPS) is 13.6. The molecule has 3 aromatic carbocycles. The van der Waals surface area contributed by atoms with Gasteiger partial charge in [-0.1, -0.05) is 48.0 Å². The number of morpholine rings is 1. The summed E-state index contributed by atoms with van der Waals surface area (Å²) in [4.78, 5) is 20.0. The van der Waals surface area contributed by atoms with Gasteiger partial charge in [0.25, 0.3) is 0 Å². The van der Waals surface area contributed by atoms with Crippen LogP contribution in [0.15, 0.2) is 72.8 Å². The molecule has 0 atom stereocenters. The molecule has 1 aromatic heterocycles. The molecule has 6 heteroatoms. The van der Waals surface area contributed by atoms with Crippen LogP contribution in [0.4, 0.5) is 21.9 Å². The van der Waals surface area contributed by atoms with Crippen LogP contribution in [0.25, 0.3) is 22.2 Å². The van der Waals surface area contributed by atoms with E-state index in [0.29, 0.717) is 13.2 Å². The summed E-state index contributed by atoms with van der Waals surface area (Å²) in [6.07, 6.45) is 0. The molecule has 0 saturated carbocycles. The Kier molecular flexibility index (Phi) is 6.14. The molecule has 0 bridgehead atoms. The van der Waals surface area contributed by atoms with Crippen molar-refractivity contribution in [1.82, 2.24) is 4.98 Å². The third-order valence-corrected chi connectivity index (χ3v) is 6.10. The molecule has 0 radical (unpaired) electrons. The summed E-state index contributed by atoms with van der Waals surface area (Å²) in [6, 6.07) is 23.9. The standard InChI is InChI=1S/C28H28N4O2/c1-19-8-10-24(20(2)16-19)31-28(33)29-22-9-11-25-23(17-22)27(32-12-14-34-15-13-32)18-26(30-25)21-6-4-3-5-7-21/h3-11,16-18H,12-15H2,1-2H3,(H2,29,31,33). The fourth-order valence-electron chi connectivity index (χ4n) is 4.35. The summed E-state index contributed by atoms with van der Waals surface area (Å²) in [7, 11) is 0. The van der Waals surface area contributed by atoms with Crippen LogP contribution in [0.3, 0.4) is 0 Å². The van der Waals surface area contributed by atoms with Crippen LogP contribution < -0.4 is 15.5 Å². The molecule has 1 aliphatic heterocycles. The zero-order valence-electron chi connectivity index (χ0n) is 19.5. The Labute approximate surface area is 199 Å². The van der Waals surface area contributed by atoms with Gasteiger partial charge in [-0.3, -0.25) is 0 Å². The van der Waals surface area contributed by atoms with Gasteiger partial charge in [0, 0.05) is 41.1 Å². The second-order valence-corrected chi connectivity index (χ2v) is 8.62. The van der Waals surface area contributed by atoms with Crippen molar-refractivity contribution in [2.75, 3.05) is 41.8 Å². The van der Waals surface area contributed by atoms with E-state index in [2.05, 4.69) is 39.8 Å². The Morgan fingerprint density at radius 3 is 2.47 bits per heavy atom. The van der Waals surface area contributed by atoms with Gasteiger partial charge in [-0.15, -0.1) is 0 Å².